The molecule has 9 aromatic carbocycles. The van der Waals surface area contributed by atoms with E-state index in [4.69, 9.17) is 8.83 Å². The highest BCUT2D eigenvalue weighted by Crippen LogP contribution is 2.44. The number of para-hydroxylation sites is 3. The van der Waals surface area contributed by atoms with Crippen molar-refractivity contribution in [3.05, 3.63) is 200 Å². The maximum atomic E-state index is 6.44. The van der Waals surface area contributed by atoms with Crippen LogP contribution in [0.25, 0.3) is 97.4 Å². The van der Waals surface area contributed by atoms with Crippen molar-refractivity contribution in [1.29, 1.82) is 0 Å². The summed E-state index contributed by atoms with van der Waals surface area (Å²) >= 11 is 1.87. The van der Waals surface area contributed by atoms with E-state index in [0.717, 1.165) is 83.2 Å². The molecule has 272 valence electrons. The first-order valence-electron chi connectivity index (χ1n) is 19.6. The Morgan fingerprint density at radius 1 is 0.328 bits per heavy atom. The topological polar surface area (TPSA) is 29.5 Å². The van der Waals surface area contributed by atoms with E-state index in [9.17, 15) is 0 Å². The average molecular weight is 760 g/mol. The third-order valence-corrected chi connectivity index (χ3v) is 12.7. The van der Waals surface area contributed by atoms with E-state index in [-0.39, 0.29) is 0 Å². The van der Waals surface area contributed by atoms with Crippen LogP contribution < -0.4 is 4.90 Å². The van der Waals surface area contributed by atoms with E-state index >= 15 is 0 Å². The number of furan rings is 2. The van der Waals surface area contributed by atoms with Crippen molar-refractivity contribution in [3.63, 3.8) is 0 Å². The number of nitrogens with zero attached hydrogens (tertiary/aromatic N) is 1. The van der Waals surface area contributed by atoms with Gasteiger partial charge in [-0.25, -0.2) is 0 Å². The summed E-state index contributed by atoms with van der Waals surface area (Å²) in [6.07, 6.45) is 0. The summed E-state index contributed by atoms with van der Waals surface area (Å²) in [6.45, 7) is 0. The van der Waals surface area contributed by atoms with Gasteiger partial charge in [-0.05, 0) is 94.5 Å². The Labute approximate surface area is 338 Å². The molecule has 0 aliphatic heterocycles. The number of thiophene rings is 1. The van der Waals surface area contributed by atoms with Crippen molar-refractivity contribution in [1.82, 2.24) is 0 Å². The lowest BCUT2D eigenvalue weighted by Crippen LogP contribution is -2.10. The van der Waals surface area contributed by atoms with Crippen LogP contribution in [0, 0.1) is 0 Å². The molecule has 3 nitrogen and oxygen atoms in total. The Morgan fingerprint density at radius 3 is 1.71 bits per heavy atom. The zero-order chi connectivity index (χ0) is 38.2. The lowest BCUT2D eigenvalue weighted by Gasteiger charge is -2.27. The Kier molecular flexibility index (Phi) is 7.40. The van der Waals surface area contributed by atoms with Crippen LogP contribution in [0.15, 0.2) is 209 Å². The summed E-state index contributed by atoms with van der Waals surface area (Å²) < 4.78 is 15.2. The molecule has 0 atom stereocenters. The molecule has 0 N–H and O–H groups in total. The number of anilines is 3. The first-order valence-corrected chi connectivity index (χ1v) is 20.4. The van der Waals surface area contributed by atoms with Crippen LogP contribution in [-0.4, -0.2) is 0 Å². The predicted molar refractivity (Wildman–Crippen MR) is 245 cm³/mol. The predicted octanol–water partition coefficient (Wildman–Crippen LogP) is 16.3. The minimum absolute atomic E-state index is 0.895. The number of hydrogen-bond donors (Lipinski definition) is 0. The van der Waals surface area contributed by atoms with E-state index in [2.05, 4.69) is 181 Å². The van der Waals surface area contributed by atoms with Gasteiger partial charge in [0.1, 0.15) is 22.3 Å². The fourth-order valence-electron chi connectivity index (χ4n) is 8.73. The number of benzene rings is 9. The minimum atomic E-state index is 0.895. The standard InChI is InChI=1S/C54H33NO2S/c1-5-23-50-43(15-1)46-20-9-18-41(53(46)57-50)34-25-28-38(29-26-34)55(39-13-7-11-35(31-39)36-27-30-51-48(33-36)44-16-2-4-22-49(44)56-51)40-14-8-12-37(32-40)42-19-10-21-47-45-17-3-6-24-52(45)58-54(42)47/h1-33H. The maximum Gasteiger partial charge on any atom is 0.143 e. The van der Waals surface area contributed by atoms with Crippen molar-refractivity contribution in [2.45, 2.75) is 0 Å². The highest BCUT2D eigenvalue weighted by molar-refractivity contribution is 7.26. The van der Waals surface area contributed by atoms with E-state index in [1.54, 1.807) is 0 Å². The molecule has 0 aliphatic carbocycles. The summed E-state index contributed by atoms with van der Waals surface area (Å²) in [4.78, 5) is 2.37. The third kappa shape index (κ3) is 5.27. The number of fused-ring (bicyclic) bond motifs is 9. The maximum absolute atomic E-state index is 6.44. The monoisotopic (exact) mass is 759 g/mol. The smallest absolute Gasteiger partial charge is 0.143 e. The summed E-state index contributed by atoms with van der Waals surface area (Å²) in [5, 5.41) is 7.11. The SMILES string of the molecule is c1cc(-c2ccc3oc4ccccc4c3c2)cc(N(c2ccc(-c3cccc4c3oc3ccccc34)cc2)c2cccc(-c3cccc4c3sc3ccccc34)c2)c1. The molecular formula is C54H33NO2S. The Balaban J connectivity index is 1.00. The van der Waals surface area contributed by atoms with Gasteiger partial charge in [0.25, 0.3) is 0 Å². The molecule has 0 bridgehead atoms. The van der Waals surface area contributed by atoms with E-state index < -0.39 is 0 Å². The van der Waals surface area contributed by atoms with Gasteiger partial charge in [-0.2, -0.15) is 0 Å². The zero-order valence-electron chi connectivity index (χ0n) is 31.2. The molecule has 0 fully saturated rings. The number of rotatable bonds is 6. The summed E-state index contributed by atoms with van der Waals surface area (Å²) in [6, 6.07) is 71.6. The molecule has 3 heterocycles. The van der Waals surface area contributed by atoms with Crippen molar-refractivity contribution in [2.75, 3.05) is 4.90 Å². The van der Waals surface area contributed by atoms with Gasteiger partial charge in [0.05, 0.1) is 0 Å². The second-order valence-electron chi connectivity index (χ2n) is 14.9. The van der Waals surface area contributed by atoms with Crippen molar-refractivity contribution < 1.29 is 8.83 Å². The summed E-state index contributed by atoms with van der Waals surface area (Å²) in [5.74, 6) is 0. The van der Waals surface area contributed by atoms with E-state index in [1.165, 1.54) is 31.3 Å². The van der Waals surface area contributed by atoms with Crippen LogP contribution in [0.2, 0.25) is 0 Å². The summed E-state index contributed by atoms with van der Waals surface area (Å²) in [5.41, 5.74) is 13.7. The molecule has 0 spiro atoms. The Morgan fingerprint density at radius 2 is 0.897 bits per heavy atom. The molecule has 4 heteroatoms. The van der Waals surface area contributed by atoms with Crippen LogP contribution in [0.5, 0.6) is 0 Å². The molecule has 0 radical (unpaired) electrons. The Hall–Kier alpha value is -7.40. The van der Waals surface area contributed by atoms with Crippen LogP contribution >= 0.6 is 11.3 Å². The first-order chi connectivity index (χ1) is 28.7. The molecule has 58 heavy (non-hydrogen) atoms. The third-order valence-electron chi connectivity index (χ3n) is 11.5. The Bertz CT molecular complexity index is 3530. The fourth-order valence-corrected chi connectivity index (χ4v) is 9.97. The number of hydrogen-bond acceptors (Lipinski definition) is 4. The van der Waals surface area contributed by atoms with Gasteiger partial charge in [-0.3, -0.25) is 0 Å². The van der Waals surface area contributed by atoms with Gasteiger partial charge in [0, 0.05) is 64.3 Å². The lowest BCUT2D eigenvalue weighted by molar-refractivity contribution is 0.669. The molecule has 0 saturated carbocycles. The van der Waals surface area contributed by atoms with E-state index in [1.807, 2.05) is 35.6 Å². The van der Waals surface area contributed by atoms with Gasteiger partial charge in [-0.15, -0.1) is 11.3 Å². The van der Waals surface area contributed by atoms with Gasteiger partial charge >= 0.3 is 0 Å². The van der Waals surface area contributed by atoms with Crippen molar-refractivity contribution in [3.8, 4) is 33.4 Å². The summed E-state index contributed by atoms with van der Waals surface area (Å²) in [7, 11) is 0. The molecule has 0 saturated heterocycles. The minimum Gasteiger partial charge on any atom is -0.456 e. The second kappa shape index (κ2) is 13.1. The normalized spacial score (nSPS) is 11.8. The molecule has 0 aliphatic rings. The van der Waals surface area contributed by atoms with Crippen LogP contribution in [0.4, 0.5) is 17.1 Å². The fraction of sp³-hybridized carbons (Fsp3) is 0. The molecule has 12 rings (SSSR count). The first kappa shape index (κ1) is 32.8. The molecule has 12 aromatic rings. The van der Waals surface area contributed by atoms with Gasteiger partial charge in [-0.1, -0.05) is 133 Å². The lowest BCUT2D eigenvalue weighted by atomic mass is 9.99. The molecule has 0 amide bonds. The highest BCUT2D eigenvalue weighted by atomic mass is 32.1. The van der Waals surface area contributed by atoms with Crippen molar-refractivity contribution in [2.24, 2.45) is 0 Å². The molecular weight excluding hydrogens is 727 g/mol. The molecule has 0 unspecified atom stereocenters. The van der Waals surface area contributed by atoms with Crippen LogP contribution in [-0.2, 0) is 0 Å². The molecule has 3 aromatic heterocycles. The average Bonchev–Trinajstić information content (AvgIpc) is 3.98. The van der Waals surface area contributed by atoms with Crippen LogP contribution in [0.3, 0.4) is 0 Å². The highest BCUT2D eigenvalue weighted by Gasteiger charge is 2.18. The largest absolute Gasteiger partial charge is 0.456 e. The van der Waals surface area contributed by atoms with Crippen molar-refractivity contribution >= 4 is 92.4 Å². The quantitative estimate of drug-likeness (QED) is 0.169. The van der Waals surface area contributed by atoms with Crippen LogP contribution in [0.1, 0.15) is 0 Å². The van der Waals surface area contributed by atoms with Gasteiger partial charge in [0.15, 0.2) is 0 Å². The van der Waals surface area contributed by atoms with E-state index in [0.29, 0.717) is 0 Å². The zero-order valence-corrected chi connectivity index (χ0v) is 32.0. The second-order valence-corrected chi connectivity index (χ2v) is 15.9. The van der Waals surface area contributed by atoms with Gasteiger partial charge < -0.3 is 13.7 Å². The van der Waals surface area contributed by atoms with Gasteiger partial charge in [0.2, 0.25) is 0 Å².